The normalized spacial score (nSPS) is 13.0. The molecule has 0 aliphatic heterocycles. The molecule has 3 N–H and O–H groups in total. The number of carboxylic acids is 1. The van der Waals surface area contributed by atoms with Gasteiger partial charge in [0.1, 0.15) is 6.61 Å². The van der Waals surface area contributed by atoms with Crippen LogP contribution in [-0.4, -0.2) is 23.7 Å². The molecule has 1 aromatic rings. The highest BCUT2D eigenvalue weighted by molar-refractivity contribution is 5.73. The monoisotopic (exact) mass is 301 g/mol. The molecule has 0 amide bonds. The van der Waals surface area contributed by atoms with Gasteiger partial charge in [0.05, 0.1) is 5.41 Å². The molecule has 0 aliphatic carbocycles. The topological polar surface area (TPSA) is 72.5 Å². The van der Waals surface area contributed by atoms with E-state index in [-0.39, 0.29) is 12.6 Å². The van der Waals surface area contributed by atoms with Crippen LogP contribution in [0.4, 0.5) is 8.78 Å². The first kappa shape index (κ1) is 17.4. The number of aliphatic carboxylic acids is 1. The predicted octanol–water partition coefficient (Wildman–Crippen LogP) is 2.73. The van der Waals surface area contributed by atoms with Crippen LogP contribution in [0.5, 0.6) is 5.75 Å². The van der Waals surface area contributed by atoms with E-state index in [1.807, 2.05) is 6.92 Å². The van der Waals surface area contributed by atoms with Crippen LogP contribution in [0.1, 0.15) is 32.8 Å². The lowest BCUT2D eigenvalue weighted by Gasteiger charge is -2.20. The zero-order valence-corrected chi connectivity index (χ0v) is 12.5. The zero-order valence-electron chi connectivity index (χ0n) is 12.5. The van der Waals surface area contributed by atoms with Crippen molar-refractivity contribution in [2.75, 3.05) is 6.61 Å². The van der Waals surface area contributed by atoms with Gasteiger partial charge in [-0.1, -0.05) is 6.92 Å². The average molecular weight is 301 g/mol. The highest BCUT2D eigenvalue weighted by atomic mass is 19.1. The first-order chi connectivity index (χ1) is 9.67. The number of benzene rings is 1. The maximum absolute atomic E-state index is 13.9. The lowest BCUT2D eigenvalue weighted by Crippen LogP contribution is -2.31. The quantitative estimate of drug-likeness (QED) is 0.812. The van der Waals surface area contributed by atoms with Crippen molar-refractivity contribution in [3.05, 3.63) is 29.3 Å². The third-order valence-corrected chi connectivity index (χ3v) is 3.24. The molecule has 118 valence electrons. The Morgan fingerprint density at radius 1 is 1.38 bits per heavy atom. The summed E-state index contributed by atoms with van der Waals surface area (Å²) in [6.07, 6.45) is 1.07. The maximum atomic E-state index is 13.9. The lowest BCUT2D eigenvalue weighted by atomic mass is 9.95. The number of carboxylic acid groups (broad SMARTS) is 1. The van der Waals surface area contributed by atoms with E-state index in [0.29, 0.717) is 18.4 Å². The largest absolute Gasteiger partial charge is 0.486 e. The Balaban J connectivity index is 2.88. The summed E-state index contributed by atoms with van der Waals surface area (Å²) in [5.41, 5.74) is 4.97. The Morgan fingerprint density at radius 3 is 2.33 bits per heavy atom. The van der Waals surface area contributed by atoms with Crippen molar-refractivity contribution in [3.63, 3.8) is 0 Å². The summed E-state index contributed by atoms with van der Waals surface area (Å²) in [4.78, 5) is 10.9. The van der Waals surface area contributed by atoms with Gasteiger partial charge in [-0.15, -0.1) is 0 Å². The standard InChI is InChI=1S/C15H21F2NO3/c1-4-10(18)5-9-6-11(16)13(12(17)7-9)21-8-15(2,3)14(19)20/h6-7,10H,4-5,8,18H2,1-3H3,(H,19,20). The fourth-order valence-corrected chi connectivity index (χ4v) is 1.63. The Morgan fingerprint density at radius 2 is 1.90 bits per heavy atom. The molecular weight excluding hydrogens is 280 g/mol. The van der Waals surface area contributed by atoms with Crippen LogP contribution in [-0.2, 0) is 11.2 Å². The fraction of sp³-hybridized carbons (Fsp3) is 0.533. The van der Waals surface area contributed by atoms with Gasteiger partial charge in [0, 0.05) is 6.04 Å². The molecule has 1 aromatic carbocycles. The Labute approximate surface area is 122 Å². The highest BCUT2D eigenvalue weighted by Gasteiger charge is 2.29. The van der Waals surface area contributed by atoms with E-state index in [0.717, 1.165) is 0 Å². The van der Waals surface area contributed by atoms with Crippen LogP contribution in [0.2, 0.25) is 0 Å². The molecule has 0 aliphatic rings. The van der Waals surface area contributed by atoms with Crippen molar-refractivity contribution in [2.45, 2.75) is 39.7 Å². The van der Waals surface area contributed by atoms with Gasteiger partial charge in [-0.2, -0.15) is 0 Å². The van der Waals surface area contributed by atoms with Gasteiger partial charge in [-0.3, -0.25) is 4.79 Å². The van der Waals surface area contributed by atoms with E-state index in [1.54, 1.807) is 0 Å². The Bertz CT molecular complexity index is 495. The average Bonchev–Trinajstić information content (AvgIpc) is 2.37. The molecule has 6 heteroatoms. The van der Waals surface area contributed by atoms with Gasteiger partial charge in [0.2, 0.25) is 0 Å². The number of carbonyl (C=O) groups is 1. The molecule has 1 unspecified atom stereocenters. The number of hydrogen-bond donors (Lipinski definition) is 2. The van der Waals surface area contributed by atoms with E-state index in [4.69, 9.17) is 15.6 Å². The molecule has 21 heavy (non-hydrogen) atoms. The Hall–Kier alpha value is -1.69. The summed E-state index contributed by atoms with van der Waals surface area (Å²) in [5.74, 6) is -3.36. The fourth-order valence-electron chi connectivity index (χ4n) is 1.63. The van der Waals surface area contributed by atoms with Gasteiger partial charge in [0.25, 0.3) is 0 Å². The van der Waals surface area contributed by atoms with Crippen molar-refractivity contribution in [1.82, 2.24) is 0 Å². The summed E-state index contributed by atoms with van der Waals surface area (Å²) in [5, 5.41) is 8.95. The number of rotatable bonds is 7. The van der Waals surface area contributed by atoms with Crippen LogP contribution in [0.3, 0.4) is 0 Å². The number of halogens is 2. The van der Waals surface area contributed by atoms with Crippen molar-refractivity contribution in [3.8, 4) is 5.75 Å². The molecule has 0 saturated carbocycles. The lowest BCUT2D eigenvalue weighted by molar-refractivity contribution is -0.148. The van der Waals surface area contributed by atoms with Crippen molar-refractivity contribution in [1.29, 1.82) is 0 Å². The van der Waals surface area contributed by atoms with Gasteiger partial charge >= 0.3 is 5.97 Å². The number of ether oxygens (including phenoxy) is 1. The van der Waals surface area contributed by atoms with Crippen LogP contribution in [0.15, 0.2) is 12.1 Å². The third-order valence-electron chi connectivity index (χ3n) is 3.24. The summed E-state index contributed by atoms with van der Waals surface area (Å²) >= 11 is 0. The minimum Gasteiger partial charge on any atom is -0.486 e. The number of nitrogens with two attached hydrogens (primary N) is 1. The molecule has 0 fully saturated rings. The van der Waals surface area contributed by atoms with Crippen molar-refractivity contribution in [2.24, 2.45) is 11.1 Å². The zero-order chi connectivity index (χ0) is 16.2. The van der Waals surface area contributed by atoms with Gasteiger partial charge in [-0.05, 0) is 44.4 Å². The SMILES string of the molecule is CCC(N)Cc1cc(F)c(OCC(C)(C)C(=O)O)c(F)c1. The van der Waals surface area contributed by atoms with Crippen LogP contribution in [0.25, 0.3) is 0 Å². The van der Waals surface area contributed by atoms with Crippen molar-refractivity contribution >= 4 is 5.97 Å². The van der Waals surface area contributed by atoms with Crippen LogP contribution < -0.4 is 10.5 Å². The molecule has 0 bridgehead atoms. The van der Waals surface area contributed by atoms with Crippen molar-refractivity contribution < 1.29 is 23.4 Å². The molecular formula is C15H21F2NO3. The van der Waals surface area contributed by atoms with E-state index in [2.05, 4.69) is 0 Å². The summed E-state index contributed by atoms with van der Waals surface area (Å²) in [7, 11) is 0. The molecule has 4 nitrogen and oxygen atoms in total. The highest BCUT2D eigenvalue weighted by Crippen LogP contribution is 2.26. The molecule has 0 spiro atoms. The Kier molecular flexibility index (Phi) is 5.66. The minimum absolute atomic E-state index is 0.165. The molecule has 0 saturated heterocycles. The third kappa shape index (κ3) is 4.67. The first-order valence-electron chi connectivity index (χ1n) is 6.77. The van der Waals surface area contributed by atoms with E-state index in [1.165, 1.54) is 26.0 Å². The molecule has 0 aromatic heterocycles. The smallest absolute Gasteiger partial charge is 0.312 e. The van der Waals surface area contributed by atoms with E-state index < -0.39 is 28.8 Å². The van der Waals surface area contributed by atoms with E-state index >= 15 is 0 Å². The molecule has 1 rings (SSSR count). The van der Waals surface area contributed by atoms with Gasteiger partial charge < -0.3 is 15.6 Å². The summed E-state index contributed by atoms with van der Waals surface area (Å²) in [6.45, 7) is 4.40. The van der Waals surface area contributed by atoms with Crippen LogP contribution >= 0.6 is 0 Å². The maximum Gasteiger partial charge on any atom is 0.312 e. The summed E-state index contributed by atoms with van der Waals surface area (Å²) in [6, 6.07) is 2.17. The second-order valence-corrected chi connectivity index (χ2v) is 5.74. The van der Waals surface area contributed by atoms with E-state index in [9.17, 15) is 13.6 Å². The summed E-state index contributed by atoms with van der Waals surface area (Å²) < 4.78 is 32.8. The molecule has 0 radical (unpaired) electrons. The molecule has 0 heterocycles. The van der Waals surface area contributed by atoms with Gasteiger partial charge in [0.15, 0.2) is 17.4 Å². The minimum atomic E-state index is -1.23. The second-order valence-electron chi connectivity index (χ2n) is 5.74. The molecule has 1 atom stereocenters. The number of hydrogen-bond acceptors (Lipinski definition) is 3. The second kappa shape index (κ2) is 6.85. The first-order valence-corrected chi connectivity index (χ1v) is 6.77. The predicted molar refractivity (Wildman–Crippen MR) is 75.2 cm³/mol. The van der Waals surface area contributed by atoms with Crippen LogP contribution in [0, 0.1) is 17.0 Å². The van der Waals surface area contributed by atoms with Gasteiger partial charge in [-0.25, -0.2) is 8.78 Å².